The summed E-state index contributed by atoms with van der Waals surface area (Å²) in [5.74, 6) is 0. The van der Waals surface area contributed by atoms with Gasteiger partial charge in [-0.1, -0.05) is 0 Å². The molecule has 0 aliphatic carbocycles. The molecule has 0 amide bonds. The predicted octanol–water partition coefficient (Wildman–Crippen LogP) is -2.83. The summed E-state index contributed by atoms with van der Waals surface area (Å²) in [6.07, 6.45) is 0. The third-order valence-corrected chi connectivity index (χ3v) is 0. The van der Waals surface area contributed by atoms with Crippen LogP contribution in [0.3, 0.4) is 0 Å². The first-order valence-corrected chi connectivity index (χ1v) is 2.19. The van der Waals surface area contributed by atoms with Crippen LogP contribution in [0, 0.1) is 0 Å². The van der Waals surface area contributed by atoms with Gasteiger partial charge in [-0.15, -0.1) is 0 Å². The van der Waals surface area contributed by atoms with Crippen molar-refractivity contribution >= 4 is 7.82 Å². The van der Waals surface area contributed by atoms with Gasteiger partial charge >= 0.3 is 52.2 Å². The molecule has 0 saturated carbocycles. The van der Waals surface area contributed by atoms with Crippen molar-refractivity contribution in [2.24, 2.45) is 0 Å². The smallest absolute Gasteiger partial charge is 0.822 e. The Balaban J connectivity index is -0.0000000800. The van der Waals surface area contributed by atoms with Crippen molar-refractivity contribution in [2.75, 3.05) is 0 Å². The minimum absolute atomic E-state index is 0. The zero-order chi connectivity index (χ0) is 4.50. The molecule has 32 valence electrons. The van der Waals surface area contributed by atoms with Gasteiger partial charge in [0.1, 0.15) is 0 Å². The second-order valence-electron chi connectivity index (χ2n) is 0.447. The molecule has 0 atom stereocenters. The molecule has 0 saturated heterocycles. The Morgan fingerprint density at radius 1 is 1.14 bits per heavy atom. The molecule has 0 aliphatic heterocycles. The summed E-state index contributed by atoms with van der Waals surface area (Å²) in [5.41, 5.74) is 0. The molecule has 0 rings (SSSR count). The van der Waals surface area contributed by atoms with Crippen LogP contribution in [0.5, 0.6) is 0 Å². The summed E-state index contributed by atoms with van der Waals surface area (Å²) in [7, 11) is -5.39. The van der Waals surface area contributed by atoms with Crippen LogP contribution in [0.25, 0.3) is 0 Å². The normalized spacial score (nSPS) is 8.43. The maximum absolute atomic E-state index is 8.55. The van der Waals surface area contributed by atoms with Crippen molar-refractivity contribution in [3.63, 3.8) is 0 Å². The first-order chi connectivity index (χ1) is 2.00. The molecule has 0 aromatic carbocycles. The Bertz CT molecular complexity index is 57.8. The van der Waals surface area contributed by atoms with Crippen LogP contribution in [0.2, 0.25) is 0 Å². The molecule has 0 aromatic heterocycles. The van der Waals surface area contributed by atoms with Crippen molar-refractivity contribution in [3.8, 4) is 0 Å². The van der Waals surface area contributed by atoms with E-state index in [-0.39, 0.29) is 52.2 Å². The molecule has 0 radical (unpaired) electrons. The van der Waals surface area contributed by atoms with E-state index in [0.29, 0.717) is 0 Å². The van der Waals surface area contributed by atoms with E-state index >= 15 is 0 Å². The van der Waals surface area contributed by atoms with Gasteiger partial charge in [-0.25, -0.2) is 0 Å². The second kappa shape index (κ2) is 5.96. The van der Waals surface area contributed by atoms with Crippen molar-refractivity contribution < 1.29 is 71.4 Å². The zero-order valence-electron chi connectivity index (χ0n) is 3.36. The van der Waals surface area contributed by atoms with Crippen LogP contribution in [-0.4, -0.2) is 0 Å². The molecule has 0 aromatic rings. The topological polar surface area (TPSA) is 86.2 Å². The largest absolute Gasteiger partial charge is 3.00 e. The molecule has 0 unspecified atom stereocenters. The molecular weight excluding hydrogens is 249 g/mol. The molecule has 4 nitrogen and oxygen atoms in total. The molecule has 7 heavy (non-hydrogen) atoms. The predicted molar refractivity (Wildman–Crippen MR) is 7.61 cm³/mol. The van der Waals surface area contributed by atoms with Gasteiger partial charge in [0.2, 0.25) is 0 Å². The summed E-state index contributed by atoms with van der Waals surface area (Å²) >= 11 is 0. The van der Waals surface area contributed by atoms with E-state index in [4.69, 9.17) is 19.2 Å². The first-order valence-electron chi connectivity index (χ1n) is 0.730. The quantitative estimate of drug-likeness (QED) is 0.342. The average molecular weight is 249 g/mol. The fourth-order valence-electron chi connectivity index (χ4n) is 0. The van der Waals surface area contributed by atoms with E-state index in [1.165, 1.54) is 0 Å². The fourth-order valence-corrected chi connectivity index (χ4v) is 0. The molecule has 0 spiro atoms. The van der Waals surface area contributed by atoms with Gasteiger partial charge in [-0.05, 0) is 0 Å². The molecular formula is O4PYZn+2. The second-order valence-corrected chi connectivity index (χ2v) is 1.34. The average Bonchev–Trinajstić information content (AvgIpc) is 0.722. The zero-order valence-corrected chi connectivity index (χ0v) is 10.1. The summed E-state index contributed by atoms with van der Waals surface area (Å²) in [4.78, 5) is 25.6. The minimum atomic E-state index is -5.39. The van der Waals surface area contributed by atoms with E-state index in [9.17, 15) is 0 Å². The Labute approximate surface area is 78.6 Å². The molecule has 0 aliphatic rings. The van der Waals surface area contributed by atoms with E-state index in [1.807, 2.05) is 0 Å². The third kappa shape index (κ3) is 79.1. The monoisotopic (exact) mass is 248 g/mol. The van der Waals surface area contributed by atoms with Gasteiger partial charge in [0.05, 0.1) is 0 Å². The van der Waals surface area contributed by atoms with Crippen LogP contribution in [0.15, 0.2) is 0 Å². The van der Waals surface area contributed by atoms with E-state index in [0.717, 1.165) is 0 Å². The van der Waals surface area contributed by atoms with Gasteiger partial charge < -0.3 is 19.2 Å². The Kier molecular flexibility index (Phi) is 13.6. The van der Waals surface area contributed by atoms with Crippen molar-refractivity contribution in [1.82, 2.24) is 0 Å². The number of rotatable bonds is 0. The third-order valence-electron chi connectivity index (χ3n) is 0. The minimum Gasteiger partial charge on any atom is -0.822 e. The molecule has 0 heterocycles. The summed E-state index contributed by atoms with van der Waals surface area (Å²) in [5, 5.41) is 0. The Morgan fingerprint density at radius 2 is 1.14 bits per heavy atom. The van der Waals surface area contributed by atoms with Gasteiger partial charge in [0.25, 0.3) is 0 Å². The molecule has 0 bridgehead atoms. The van der Waals surface area contributed by atoms with Crippen LogP contribution < -0.4 is 14.7 Å². The fraction of sp³-hybridized carbons (Fsp3) is 0. The number of hydrogen-bond acceptors (Lipinski definition) is 4. The molecule has 0 N–H and O–H groups in total. The number of hydrogen-bond donors (Lipinski definition) is 0. The van der Waals surface area contributed by atoms with E-state index < -0.39 is 7.82 Å². The number of phosphoric acid groups is 1. The summed E-state index contributed by atoms with van der Waals surface area (Å²) in [6.45, 7) is 0. The van der Waals surface area contributed by atoms with Crippen molar-refractivity contribution in [3.05, 3.63) is 0 Å². The SMILES string of the molecule is O=P([O-])([O-])[O-].[Y+3].[Zn+2]. The maximum Gasteiger partial charge on any atom is 3.00 e. The molecule has 7 heteroatoms. The Morgan fingerprint density at radius 3 is 1.14 bits per heavy atom. The summed E-state index contributed by atoms with van der Waals surface area (Å²) in [6, 6.07) is 0. The van der Waals surface area contributed by atoms with Crippen LogP contribution in [0.1, 0.15) is 0 Å². The van der Waals surface area contributed by atoms with Crippen molar-refractivity contribution in [1.29, 1.82) is 0 Å². The van der Waals surface area contributed by atoms with E-state index in [1.54, 1.807) is 0 Å². The van der Waals surface area contributed by atoms with Gasteiger partial charge in [-0.3, -0.25) is 0 Å². The summed E-state index contributed by atoms with van der Waals surface area (Å²) < 4.78 is 8.55. The van der Waals surface area contributed by atoms with Crippen LogP contribution >= 0.6 is 7.82 Å². The standard InChI is InChI=1S/H3O4P.Y.Zn/c1-5(2,3)4;;/h(H3,1,2,3,4);;/q;+3;+2/p-3. The maximum atomic E-state index is 8.55. The first kappa shape index (κ1) is 15.9. The molecule has 0 fully saturated rings. The van der Waals surface area contributed by atoms with E-state index in [2.05, 4.69) is 0 Å². The van der Waals surface area contributed by atoms with Crippen LogP contribution in [-0.2, 0) is 56.8 Å². The van der Waals surface area contributed by atoms with Crippen molar-refractivity contribution in [2.45, 2.75) is 0 Å². The van der Waals surface area contributed by atoms with Gasteiger partial charge in [0, 0.05) is 0 Å². The van der Waals surface area contributed by atoms with Crippen LogP contribution in [0.4, 0.5) is 0 Å². The van der Waals surface area contributed by atoms with Gasteiger partial charge in [-0.2, -0.15) is 7.82 Å². The van der Waals surface area contributed by atoms with Gasteiger partial charge in [0.15, 0.2) is 0 Å². The Hall–Kier alpha value is 1.84.